The molecule has 1 aromatic heterocycles. The van der Waals surface area contributed by atoms with Gasteiger partial charge in [-0.3, -0.25) is 48.4 Å². The van der Waals surface area contributed by atoms with E-state index in [0.717, 1.165) is 16.7 Å². The fraction of sp³-hybridized carbons (Fsp3) is 0.459. The fourth-order valence-electron chi connectivity index (χ4n) is 7.06. The van der Waals surface area contributed by atoms with Crippen LogP contribution in [0.25, 0.3) is 22.5 Å². The first-order valence-electron chi connectivity index (χ1n) is 18.3. The predicted molar refractivity (Wildman–Crippen MR) is 201 cm³/mol. The monoisotopic (exact) mass is 777 g/mol. The second kappa shape index (κ2) is 19.7. The van der Waals surface area contributed by atoms with E-state index < -0.39 is 35.8 Å². The van der Waals surface area contributed by atoms with E-state index in [0.29, 0.717) is 17.1 Å². The van der Waals surface area contributed by atoms with Gasteiger partial charge in [0, 0.05) is 82.9 Å². The lowest BCUT2D eigenvalue weighted by Crippen LogP contribution is -2.52. The highest BCUT2D eigenvalue weighted by Crippen LogP contribution is 2.39. The van der Waals surface area contributed by atoms with Crippen molar-refractivity contribution in [2.75, 3.05) is 83.4 Å². The van der Waals surface area contributed by atoms with Gasteiger partial charge in [-0.15, -0.1) is 0 Å². The standard InChI is InChI=1S/C37H47N9O10/c47-30(38-12-11-31(48)46-21-25-5-1-2-6-26(25)35-36(40-41-39-35)27-7-3-4-8-28(27)46)10-9-29(37(55)56)45-19-17-43(23-33(51)52)15-13-42(22-32(49)50)14-16-44(18-20-45)24-34(53)54/h1-8,29H,9-24H2,(H,38,47)(H,49,50)(H,51,52)(H,53,54)(H,55,56)(H,39,40,41). The highest BCUT2D eigenvalue weighted by atomic mass is 16.4. The van der Waals surface area contributed by atoms with E-state index in [2.05, 4.69) is 20.7 Å². The topological polar surface area (TPSA) is 253 Å². The third-order valence-corrected chi connectivity index (χ3v) is 9.88. The number of anilines is 1. The molecule has 0 radical (unpaired) electrons. The number of nitrogens with one attached hydrogen (secondary N) is 2. The zero-order chi connectivity index (χ0) is 40.2. The summed E-state index contributed by atoms with van der Waals surface area (Å²) in [5.74, 6) is -5.18. The molecule has 0 bridgehead atoms. The van der Waals surface area contributed by atoms with Crippen molar-refractivity contribution in [1.82, 2.24) is 40.3 Å². The van der Waals surface area contributed by atoms with Gasteiger partial charge >= 0.3 is 23.9 Å². The van der Waals surface area contributed by atoms with Crippen molar-refractivity contribution in [3.63, 3.8) is 0 Å². The number of aromatic amines is 1. The van der Waals surface area contributed by atoms with Gasteiger partial charge in [0.2, 0.25) is 11.8 Å². The maximum Gasteiger partial charge on any atom is 0.320 e. The summed E-state index contributed by atoms with van der Waals surface area (Å²) in [5, 5.41) is 52.9. The maximum absolute atomic E-state index is 13.8. The van der Waals surface area contributed by atoms with Crippen molar-refractivity contribution in [3.05, 3.63) is 54.1 Å². The number of para-hydroxylation sites is 1. The second-order valence-corrected chi connectivity index (χ2v) is 13.7. The number of H-pyrrole nitrogens is 1. The molecule has 1 atom stereocenters. The van der Waals surface area contributed by atoms with Crippen LogP contribution in [0, 0.1) is 0 Å². The van der Waals surface area contributed by atoms with Crippen LogP contribution in [0.3, 0.4) is 0 Å². The van der Waals surface area contributed by atoms with Crippen molar-refractivity contribution in [1.29, 1.82) is 0 Å². The third kappa shape index (κ3) is 11.4. The Morgan fingerprint density at radius 2 is 1.16 bits per heavy atom. The van der Waals surface area contributed by atoms with Crippen molar-refractivity contribution in [2.45, 2.75) is 31.8 Å². The van der Waals surface area contributed by atoms with E-state index in [4.69, 9.17) is 0 Å². The summed E-state index contributed by atoms with van der Waals surface area (Å²) in [5.41, 5.74) is 4.36. The molecule has 2 aliphatic rings. The zero-order valence-electron chi connectivity index (χ0n) is 30.9. The Labute approximate surface area is 322 Å². The summed E-state index contributed by atoms with van der Waals surface area (Å²) in [4.78, 5) is 82.3. The number of benzene rings is 2. The lowest BCUT2D eigenvalue weighted by atomic mass is 9.96. The molecule has 1 saturated heterocycles. The molecule has 0 spiro atoms. The Morgan fingerprint density at radius 1 is 0.661 bits per heavy atom. The van der Waals surface area contributed by atoms with E-state index in [1.807, 2.05) is 48.5 Å². The molecule has 0 aliphatic carbocycles. The summed E-state index contributed by atoms with van der Waals surface area (Å²) in [7, 11) is 0. The molecule has 56 heavy (non-hydrogen) atoms. The van der Waals surface area contributed by atoms with Gasteiger partial charge in [0.25, 0.3) is 0 Å². The number of amides is 2. The van der Waals surface area contributed by atoms with Gasteiger partial charge in [-0.1, -0.05) is 42.5 Å². The van der Waals surface area contributed by atoms with E-state index in [1.54, 1.807) is 24.5 Å². The average Bonchev–Trinajstić information content (AvgIpc) is 3.62. The summed E-state index contributed by atoms with van der Waals surface area (Å²) in [6.07, 6.45) is -0.320. The molecular formula is C37H47N9O10. The Balaban J connectivity index is 1.22. The first-order chi connectivity index (χ1) is 26.9. The van der Waals surface area contributed by atoms with Crippen LogP contribution in [0.2, 0.25) is 0 Å². The lowest BCUT2D eigenvalue weighted by molar-refractivity contribution is -0.145. The van der Waals surface area contributed by atoms with Crippen molar-refractivity contribution < 1.29 is 49.2 Å². The molecule has 0 saturated carbocycles. The Kier molecular flexibility index (Phi) is 14.6. The van der Waals surface area contributed by atoms with E-state index >= 15 is 0 Å². The molecule has 2 aromatic carbocycles. The van der Waals surface area contributed by atoms with Gasteiger partial charge in [-0.25, -0.2) is 0 Å². The smallest absolute Gasteiger partial charge is 0.320 e. The van der Waals surface area contributed by atoms with Crippen LogP contribution in [0.4, 0.5) is 5.69 Å². The predicted octanol–water partition coefficient (Wildman–Crippen LogP) is 0.200. The minimum absolute atomic E-state index is 0.00182. The van der Waals surface area contributed by atoms with Crippen LogP contribution in [-0.2, 0) is 35.3 Å². The highest BCUT2D eigenvalue weighted by Gasteiger charge is 2.30. The maximum atomic E-state index is 13.8. The van der Waals surface area contributed by atoms with Gasteiger partial charge in [-0.2, -0.15) is 15.4 Å². The molecule has 3 aromatic rings. The van der Waals surface area contributed by atoms with Crippen molar-refractivity contribution in [2.24, 2.45) is 0 Å². The van der Waals surface area contributed by atoms with Crippen LogP contribution in [-0.4, -0.2) is 176 Å². The molecule has 300 valence electrons. The summed E-state index contributed by atoms with van der Waals surface area (Å²) in [6, 6.07) is 13.8. The molecule has 6 N–H and O–H groups in total. The number of hydrogen-bond acceptors (Lipinski definition) is 12. The number of carboxylic acids is 4. The molecule has 1 fully saturated rings. The van der Waals surface area contributed by atoms with Crippen LogP contribution >= 0.6 is 0 Å². The Morgan fingerprint density at radius 3 is 1.71 bits per heavy atom. The minimum atomic E-state index is -1.20. The summed E-state index contributed by atoms with van der Waals surface area (Å²) < 4.78 is 0. The molecular weight excluding hydrogens is 730 g/mol. The average molecular weight is 778 g/mol. The van der Waals surface area contributed by atoms with Crippen LogP contribution < -0.4 is 10.2 Å². The number of rotatable bonds is 14. The van der Waals surface area contributed by atoms with E-state index in [9.17, 15) is 49.2 Å². The van der Waals surface area contributed by atoms with Gasteiger partial charge in [0.15, 0.2) is 0 Å². The molecule has 2 aliphatic heterocycles. The quantitative estimate of drug-likeness (QED) is 0.128. The minimum Gasteiger partial charge on any atom is -0.480 e. The molecule has 5 rings (SSSR count). The van der Waals surface area contributed by atoms with Crippen LogP contribution in [0.15, 0.2) is 48.5 Å². The van der Waals surface area contributed by atoms with Gasteiger partial charge < -0.3 is 30.6 Å². The largest absolute Gasteiger partial charge is 0.480 e. The lowest BCUT2D eigenvalue weighted by Gasteiger charge is -2.35. The first kappa shape index (κ1) is 41.4. The fourth-order valence-corrected chi connectivity index (χ4v) is 7.06. The molecule has 2 amide bonds. The number of carbonyl (C=O) groups is 6. The number of nitrogens with zero attached hydrogens (tertiary/aromatic N) is 7. The van der Waals surface area contributed by atoms with Gasteiger partial charge in [0.05, 0.1) is 31.9 Å². The first-order valence-corrected chi connectivity index (χ1v) is 18.3. The van der Waals surface area contributed by atoms with E-state index in [1.165, 1.54) is 0 Å². The molecule has 3 heterocycles. The number of hydrogen-bond donors (Lipinski definition) is 6. The summed E-state index contributed by atoms with van der Waals surface area (Å²) >= 11 is 0. The van der Waals surface area contributed by atoms with Gasteiger partial charge in [-0.05, 0) is 18.1 Å². The number of carboxylic acid groups (broad SMARTS) is 4. The summed E-state index contributed by atoms with van der Waals surface area (Å²) in [6.45, 7) is 0.465. The number of aromatic nitrogens is 3. The number of aliphatic carboxylic acids is 4. The van der Waals surface area contributed by atoms with E-state index in [-0.39, 0.29) is 110 Å². The van der Waals surface area contributed by atoms with Crippen LogP contribution in [0.1, 0.15) is 24.8 Å². The Hall–Kier alpha value is -5.76. The van der Waals surface area contributed by atoms with Gasteiger partial charge in [0.1, 0.15) is 17.4 Å². The van der Waals surface area contributed by atoms with Crippen molar-refractivity contribution in [3.8, 4) is 22.5 Å². The third-order valence-electron chi connectivity index (χ3n) is 9.88. The van der Waals surface area contributed by atoms with Crippen molar-refractivity contribution >= 4 is 41.4 Å². The second-order valence-electron chi connectivity index (χ2n) is 13.7. The zero-order valence-corrected chi connectivity index (χ0v) is 30.9. The molecule has 1 unspecified atom stereocenters. The SMILES string of the molecule is O=C(O)CN1CCN(CC(=O)O)CCN(C(CCC(=O)NCCC(=O)N2Cc3ccccc3-c3n[nH]nc3-c3ccccc32)C(=O)O)CCN(CC(=O)O)CC1. The molecule has 19 heteroatoms. The Bertz CT molecular complexity index is 1860. The molecule has 19 nitrogen and oxygen atoms in total. The normalized spacial score (nSPS) is 16.8. The number of fused-ring (bicyclic) bond motifs is 5. The van der Waals surface area contributed by atoms with Crippen LogP contribution in [0.5, 0.6) is 0 Å². The highest BCUT2D eigenvalue weighted by molar-refractivity contribution is 6.00. The number of carbonyl (C=O) groups excluding carboxylic acids is 2.